The number of anilines is 1. The van der Waals surface area contributed by atoms with Gasteiger partial charge in [0, 0.05) is 22.8 Å². The smallest absolute Gasteiger partial charge is 0.247 e. The van der Waals surface area contributed by atoms with Gasteiger partial charge in [-0.1, -0.05) is 17.7 Å². The van der Waals surface area contributed by atoms with Crippen molar-refractivity contribution in [3.05, 3.63) is 65.0 Å². The zero-order chi connectivity index (χ0) is 14.7. The monoisotopic (exact) mass is 299 g/mol. The molecule has 1 N–H and O–H groups in total. The highest BCUT2D eigenvalue weighted by molar-refractivity contribution is 6.30. The summed E-state index contributed by atoms with van der Waals surface area (Å²) in [7, 11) is 0. The number of aromatic nitrogens is 2. The Bertz CT molecular complexity index is 724. The van der Waals surface area contributed by atoms with Crippen molar-refractivity contribution < 1.29 is 4.42 Å². The summed E-state index contributed by atoms with van der Waals surface area (Å²) < 4.78 is 5.16. The Morgan fingerprint density at radius 2 is 1.95 bits per heavy atom. The zero-order valence-electron chi connectivity index (χ0n) is 11.5. The molecule has 1 aromatic heterocycles. The van der Waals surface area contributed by atoms with Gasteiger partial charge in [0.1, 0.15) is 0 Å². The number of hydrogen-bond donors (Lipinski definition) is 1. The van der Waals surface area contributed by atoms with E-state index in [1.54, 1.807) is 0 Å². The van der Waals surface area contributed by atoms with Crippen molar-refractivity contribution >= 4 is 17.3 Å². The normalized spacial score (nSPS) is 10.6. The van der Waals surface area contributed by atoms with E-state index in [0.29, 0.717) is 5.89 Å². The SMILES string of the molecule is Cc1cc(Cl)ccc1CNc1ccc(-c2nnco2)cc1. The van der Waals surface area contributed by atoms with Crippen molar-refractivity contribution in [1.29, 1.82) is 0 Å². The minimum Gasteiger partial charge on any atom is -0.423 e. The second-order valence-corrected chi connectivity index (χ2v) is 5.18. The summed E-state index contributed by atoms with van der Waals surface area (Å²) in [5, 5.41) is 11.7. The van der Waals surface area contributed by atoms with Gasteiger partial charge < -0.3 is 9.73 Å². The molecule has 0 saturated carbocycles. The van der Waals surface area contributed by atoms with E-state index < -0.39 is 0 Å². The maximum absolute atomic E-state index is 5.96. The zero-order valence-corrected chi connectivity index (χ0v) is 12.3. The van der Waals surface area contributed by atoms with Crippen molar-refractivity contribution in [3.8, 4) is 11.5 Å². The molecule has 0 aliphatic carbocycles. The first-order valence-corrected chi connectivity index (χ1v) is 6.96. The van der Waals surface area contributed by atoms with E-state index in [-0.39, 0.29) is 0 Å². The van der Waals surface area contributed by atoms with Gasteiger partial charge >= 0.3 is 0 Å². The van der Waals surface area contributed by atoms with Crippen LogP contribution >= 0.6 is 11.6 Å². The van der Waals surface area contributed by atoms with Crippen LogP contribution in [0.15, 0.2) is 53.3 Å². The van der Waals surface area contributed by atoms with E-state index in [2.05, 4.69) is 22.4 Å². The highest BCUT2D eigenvalue weighted by Gasteiger charge is 2.03. The third-order valence-corrected chi connectivity index (χ3v) is 3.51. The van der Waals surface area contributed by atoms with Crippen molar-refractivity contribution in [3.63, 3.8) is 0 Å². The largest absolute Gasteiger partial charge is 0.423 e. The molecule has 21 heavy (non-hydrogen) atoms. The fraction of sp³-hybridized carbons (Fsp3) is 0.125. The van der Waals surface area contributed by atoms with Gasteiger partial charge in [0.2, 0.25) is 12.3 Å². The highest BCUT2D eigenvalue weighted by atomic mass is 35.5. The van der Waals surface area contributed by atoms with Crippen molar-refractivity contribution in [2.75, 3.05) is 5.32 Å². The number of benzene rings is 2. The Hall–Kier alpha value is -2.33. The molecule has 1 heterocycles. The standard InChI is InChI=1S/C16H14ClN3O/c1-11-8-14(17)5-2-13(11)9-18-15-6-3-12(4-7-15)16-20-19-10-21-16/h2-8,10,18H,9H2,1H3. The Balaban J connectivity index is 1.68. The lowest BCUT2D eigenvalue weighted by molar-refractivity contribution is 0.568. The lowest BCUT2D eigenvalue weighted by Gasteiger charge is -2.09. The van der Waals surface area contributed by atoms with E-state index in [9.17, 15) is 0 Å². The average molecular weight is 300 g/mol. The number of halogens is 1. The van der Waals surface area contributed by atoms with Gasteiger partial charge in [0.15, 0.2) is 0 Å². The molecule has 0 aliphatic heterocycles. The summed E-state index contributed by atoms with van der Waals surface area (Å²) >= 11 is 5.96. The molecule has 106 valence electrons. The van der Waals surface area contributed by atoms with Crippen molar-refractivity contribution in [2.45, 2.75) is 13.5 Å². The maximum Gasteiger partial charge on any atom is 0.247 e. The molecule has 0 bridgehead atoms. The Labute approximate surface area is 127 Å². The number of aryl methyl sites for hydroxylation is 1. The molecule has 0 spiro atoms. The van der Waals surface area contributed by atoms with E-state index >= 15 is 0 Å². The first kappa shape index (κ1) is 13.6. The minimum atomic E-state index is 0.523. The molecule has 0 unspecified atom stereocenters. The predicted molar refractivity (Wildman–Crippen MR) is 83.2 cm³/mol. The third kappa shape index (κ3) is 3.23. The van der Waals surface area contributed by atoms with Crippen LogP contribution in [0.2, 0.25) is 5.02 Å². The van der Waals surface area contributed by atoms with Crippen LogP contribution in [0.25, 0.3) is 11.5 Å². The molecule has 4 nitrogen and oxygen atoms in total. The summed E-state index contributed by atoms with van der Waals surface area (Å²) in [4.78, 5) is 0. The van der Waals surface area contributed by atoms with E-state index in [1.807, 2.05) is 42.5 Å². The van der Waals surface area contributed by atoms with Crippen LogP contribution < -0.4 is 5.32 Å². The molecule has 3 aromatic rings. The Kier molecular flexibility index (Phi) is 3.88. The van der Waals surface area contributed by atoms with Crippen LogP contribution in [-0.4, -0.2) is 10.2 Å². The maximum atomic E-state index is 5.96. The number of nitrogens with zero attached hydrogens (tertiary/aromatic N) is 2. The molecule has 0 aliphatic rings. The molecule has 3 rings (SSSR count). The molecular formula is C16H14ClN3O. The van der Waals surface area contributed by atoms with E-state index in [1.165, 1.54) is 17.5 Å². The summed E-state index contributed by atoms with van der Waals surface area (Å²) in [6.07, 6.45) is 1.32. The first-order chi connectivity index (χ1) is 10.2. The Morgan fingerprint density at radius 3 is 2.62 bits per heavy atom. The summed E-state index contributed by atoms with van der Waals surface area (Å²) in [5.41, 5.74) is 4.34. The molecular weight excluding hydrogens is 286 g/mol. The number of nitrogens with one attached hydrogen (secondary N) is 1. The molecule has 0 radical (unpaired) electrons. The number of rotatable bonds is 4. The topological polar surface area (TPSA) is 51.0 Å². The fourth-order valence-electron chi connectivity index (χ4n) is 2.08. The van der Waals surface area contributed by atoms with Crippen LogP contribution in [0.4, 0.5) is 5.69 Å². The van der Waals surface area contributed by atoms with Gasteiger partial charge in [-0.2, -0.15) is 0 Å². The molecule has 0 fully saturated rings. The van der Waals surface area contributed by atoms with Gasteiger partial charge in [-0.25, -0.2) is 0 Å². The van der Waals surface area contributed by atoms with Crippen molar-refractivity contribution in [2.24, 2.45) is 0 Å². The van der Waals surface area contributed by atoms with Crippen LogP contribution in [0.1, 0.15) is 11.1 Å². The van der Waals surface area contributed by atoms with E-state index in [0.717, 1.165) is 22.8 Å². The van der Waals surface area contributed by atoms with Crippen LogP contribution in [-0.2, 0) is 6.54 Å². The van der Waals surface area contributed by atoms with Gasteiger partial charge in [0.05, 0.1) is 0 Å². The summed E-state index contributed by atoms with van der Waals surface area (Å²) in [6.45, 7) is 2.81. The first-order valence-electron chi connectivity index (χ1n) is 6.58. The minimum absolute atomic E-state index is 0.523. The highest BCUT2D eigenvalue weighted by Crippen LogP contribution is 2.20. The van der Waals surface area contributed by atoms with Crippen LogP contribution in [0, 0.1) is 6.92 Å². The second kappa shape index (κ2) is 5.97. The molecule has 0 atom stereocenters. The van der Waals surface area contributed by atoms with Gasteiger partial charge in [-0.05, 0) is 54.4 Å². The molecule has 5 heteroatoms. The van der Waals surface area contributed by atoms with Crippen molar-refractivity contribution in [1.82, 2.24) is 10.2 Å². The van der Waals surface area contributed by atoms with Gasteiger partial charge in [-0.3, -0.25) is 0 Å². The quantitative estimate of drug-likeness (QED) is 0.780. The summed E-state index contributed by atoms with van der Waals surface area (Å²) in [5.74, 6) is 0.523. The predicted octanol–water partition coefficient (Wildman–Crippen LogP) is 4.31. The second-order valence-electron chi connectivity index (χ2n) is 4.75. The van der Waals surface area contributed by atoms with Crippen LogP contribution in [0.3, 0.4) is 0 Å². The van der Waals surface area contributed by atoms with Crippen LogP contribution in [0.5, 0.6) is 0 Å². The average Bonchev–Trinajstić information content (AvgIpc) is 3.01. The molecule has 0 saturated heterocycles. The Morgan fingerprint density at radius 1 is 1.14 bits per heavy atom. The third-order valence-electron chi connectivity index (χ3n) is 3.28. The molecule has 2 aromatic carbocycles. The van der Waals surface area contributed by atoms with Gasteiger partial charge in [0.25, 0.3) is 0 Å². The lowest BCUT2D eigenvalue weighted by atomic mass is 10.1. The summed E-state index contributed by atoms with van der Waals surface area (Å²) in [6, 6.07) is 13.8. The fourth-order valence-corrected chi connectivity index (χ4v) is 2.31. The lowest BCUT2D eigenvalue weighted by Crippen LogP contribution is -2.01. The number of hydrogen-bond acceptors (Lipinski definition) is 4. The van der Waals surface area contributed by atoms with E-state index in [4.69, 9.17) is 16.0 Å². The van der Waals surface area contributed by atoms with Gasteiger partial charge in [-0.15, -0.1) is 10.2 Å². The molecule has 0 amide bonds.